The Balaban J connectivity index is 1.78. The molecule has 8 nitrogen and oxygen atoms in total. The van der Waals surface area contributed by atoms with Crippen molar-refractivity contribution < 1.29 is 19.4 Å². The number of nitrogens with two attached hydrogens (primary N) is 1. The predicted molar refractivity (Wildman–Crippen MR) is 105 cm³/mol. The minimum absolute atomic E-state index is 0.107. The van der Waals surface area contributed by atoms with Crippen LogP contribution in [0.15, 0.2) is 29.1 Å². The maximum Gasteiger partial charge on any atom is 0.343 e. The molecule has 0 saturated heterocycles. The van der Waals surface area contributed by atoms with Crippen molar-refractivity contribution in [3.63, 3.8) is 0 Å². The average molecular weight is 393 g/mol. The molecule has 29 heavy (non-hydrogen) atoms. The largest absolute Gasteiger partial charge is 0.495 e. The number of fused-ring (bicyclic) bond motifs is 5. The molecule has 0 saturated carbocycles. The molecule has 0 bridgehead atoms. The number of carbonyl (C=O) groups excluding carboxylic acids is 1. The number of nitrogen functional groups attached to an aromatic ring is 1. The average Bonchev–Trinajstić information content (AvgIpc) is 3.08. The summed E-state index contributed by atoms with van der Waals surface area (Å²) in [6.45, 7) is 1.86. The van der Waals surface area contributed by atoms with Crippen LogP contribution in [-0.2, 0) is 28.3 Å². The quantitative estimate of drug-likeness (QED) is 0.393. The van der Waals surface area contributed by atoms with E-state index < -0.39 is 11.6 Å². The molecule has 2 aliphatic rings. The summed E-state index contributed by atoms with van der Waals surface area (Å²) in [4.78, 5) is 30.1. The molecule has 0 unspecified atom stereocenters. The number of cyclic esters (lactones) is 1. The Morgan fingerprint density at radius 3 is 2.86 bits per heavy atom. The summed E-state index contributed by atoms with van der Waals surface area (Å²) in [5, 5.41) is 11.6. The van der Waals surface area contributed by atoms with E-state index in [-0.39, 0.29) is 18.6 Å². The first kappa shape index (κ1) is 17.7. The maximum absolute atomic E-state index is 13.1. The van der Waals surface area contributed by atoms with Gasteiger partial charge in [-0.3, -0.25) is 4.79 Å². The van der Waals surface area contributed by atoms with Crippen molar-refractivity contribution in [3.8, 4) is 17.1 Å². The molecule has 3 aromatic rings. The number of pyridine rings is 2. The molecule has 0 aliphatic carbocycles. The fourth-order valence-electron chi connectivity index (χ4n) is 4.23. The normalized spacial score (nSPS) is 19.5. The van der Waals surface area contributed by atoms with E-state index in [0.29, 0.717) is 46.0 Å². The van der Waals surface area contributed by atoms with Crippen molar-refractivity contribution in [2.75, 3.05) is 12.8 Å². The van der Waals surface area contributed by atoms with E-state index in [2.05, 4.69) is 0 Å². The van der Waals surface area contributed by atoms with Crippen molar-refractivity contribution in [2.24, 2.45) is 0 Å². The Hall–Kier alpha value is -3.39. The van der Waals surface area contributed by atoms with E-state index in [1.54, 1.807) is 30.7 Å². The van der Waals surface area contributed by atoms with Gasteiger partial charge in [0.2, 0.25) is 0 Å². The molecule has 1 aromatic carbocycles. The van der Waals surface area contributed by atoms with Gasteiger partial charge in [-0.15, -0.1) is 0 Å². The van der Waals surface area contributed by atoms with Crippen LogP contribution in [0.1, 0.15) is 30.0 Å². The van der Waals surface area contributed by atoms with Crippen LogP contribution in [0.4, 0.5) is 5.69 Å². The predicted octanol–water partition coefficient (Wildman–Crippen LogP) is 1.67. The van der Waals surface area contributed by atoms with E-state index >= 15 is 0 Å². The van der Waals surface area contributed by atoms with Crippen molar-refractivity contribution in [1.29, 1.82) is 0 Å². The summed E-state index contributed by atoms with van der Waals surface area (Å²) in [5.41, 5.74) is 7.90. The molecule has 0 spiro atoms. The lowest BCUT2D eigenvalue weighted by molar-refractivity contribution is -0.172. The molecule has 2 aliphatic heterocycles. The monoisotopic (exact) mass is 393 g/mol. The van der Waals surface area contributed by atoms with Gasteiger partial charge in [0.15, 0.2) is 5.60 Å². The van der Waals surface area contributed by atoms with Gasteiger partial charge >= 0.3 is 5.97 Å². The first-order valence-electron chi connectivity index (χ1n) is 9.32. The number of hydrogen-bond acceptors (Lipinski definition) is 7. The van der Waals surface area contributed by atoms with E-state index in [0.717, 1.165) is 10.9 Å². The van der Waals surface area contributed by atoms with Crippen molar-refractivity contribution >= 4 is 22.6 Å². The summed E-state index contributed by atoms with van der Waals surface area (Å²) in [7, 11) is 1.55. The standard InChI is InChI=1S/C21H19N3O5/c1-3-21(27)13-7-15-18-10(8-24(15)19(25)12(13)9-29-20(21)26)6-11-14(23-18)4-5-16(28-2)17(11)22/h4-7,27H,3,8-9,22H2,1-2H3/t21-/m0/s1. The number of nitrogens with zero attached hydrogens (tertiary/aromatic N) is 2. The molecule has 5 rings (SSSR count). The first-order valence-corrected chi connectivity index (χ1v) is 9.32. The number of esters is 1. The molecule has 0 amide bonds. The topological polar surface area (TPSA) is 117 Å². The molecule has 3 N–H and O–H groups in total. The number of carbonyl (C=O) groups is 1. The van der Waals surface area contributed by atoms with Crippen LogP contribution in [0.5, 0.6) is 5.75 Å². The van der Waals surface area contributed by atoms with Crippen molar-refractivity contribution in [3.05, 3.63) is 51.3 Å². The summed E-state index contributed by atoms with van der Waals surface area (Å²) < 4.78 is 12.0. The van der Waals surface area contributed by atoms with Gasteiger partial charge < -0.3 is 24.9 Å². The van der Waals surface area contributed by atoms with Crippen LogP contribution in [0.2, 0.25) is 0 Å². The third kappa shape index (κ3) is 2.20. The van der Waals surface area contributed by atoms with Gasteiger partial charge in [-0.2, -0.15) is 0 Å². The van der Waals surface area contributed by atoms with Crippen LogP contribution in [0.3, 0.4) is 0 Å². The van der Waals surface area contributed by atoms with Crippen molar-refractivity contribution in [2.45, 2.75) is 32.1 Å². The first-order chi connectivity index (χ1) is 13.9. The van der Waals surface area contributed by atoms with Gasteiger partial charge in [-0.25, -0.2) is 9.78 Å². The zero-order chi connectivity index (χ0) is 20.5. The third-order valence-electron chi connectivity index (χ3n) is 5.91. The molecule has 0 radical (unpaired) electrons. The Morgan fingerprint density at radius 2 is 2.14 bits per heavy atom. The molecular weight excluding hydrogens is 374 g/mol. The fraction of sp³-hybridized carbons (Fsp3) is 0.286. The van der Waals surface area contributed by atoms with Crippen LogP contribution >= 0.6 is 0 Å². The number of aliphatic hydroxyl groups is 1. The second kappa shape index (κ2) is 5.81. The highest BCUT2D eigenvalue weighted by molar-refractivity contribution is 5.96. The smallest absolute Gasteiger partial charge is 0.343 e. The van der Waals surface area contributed by atoms with Gasteiger partial charge in [0.25, 0.3) is 5.56 Å². The van der Waals surface area contributed by atoms with E-state index in [4.69, 9.17) is 20.2 Å². The highest BCUT2D eigenvalue weighted by atomic mass is 16.6. The van der Waals surface area contributed by atoms with Crippen LogP contribution in [0.25, 0.3) is 22.3 Å². The van der Waals surface area contributed by atoms with Gasteiger partial charge in [0, 0.05) is 16.5 Å². The minimum atomic E-state index is -1.83. The zero-order valence-electron chi connectivity index (χ0n) is 16.0. The number of hydrogen-bond donors (Lipinski definition) is 2. The highest BCUT2D eigenvalue weighted by Crippen LogP contribution is 2.40. The molecule has 148 valence electrons. The van der Waals surface area contributed by atoms with E-state index in [1.807, 2.05) is 12.1 Å². The lowest BCUT2D eigenvalue weighted by Gasteiger charge is -2.31. The zero-order valence-corrected chi connectivity index (χ0v) is 16.0. The molecule has 4 heterocycles. The van der Waals surface area contributed by atoms with Gasteiger partial charge in [-0.05, 0) is 30.7 Å². The number of methoxy groups -OCH3 is 1. The summed E-state index contributed by atoms with van der Waals surface area (Å²) in [6.07, 6.45) is 0.107. The summed E-state index contributed by atoms with van der Waals surface area (Å²) >= 11 is 0. The molecule has 2 aromatic heterocycles. The van der Waals surface area contributed by atoms with Gasteiger partial charge in [0.1, 0.15) is 12.4 Å². The minimum Gasteiger partial charge on any atom is -0.495 e. The number of ether oxygens (including phenoxy) is 2. The molecular formula is C21H19N3O5. The van der Waals surface area contributed by atoms with Crippen LogP contribution in [-0.4, -0.2) is 27.7 Å². The number of benzene rings is 1. The SMILES string of the molecule is CC[C@@]1(O)C(=O)OCc2c1cc1n(c2=O)Cc2cc3c(N)c(OC)ccc3nc2-1. The second-order valence-corrected chi connectivity index (χ2v) is 7.35. The third-order valence-corrected chi connectivity index (χ3v) is 5.91. The van der Waals surface area contributed by atoms with E-state index in [9.17, 15) is 14.7 Å². The number of anilines is 1. The fourth-order valence-corrected chi connectivity index (χ4v) is 4.23. The summed E-state index contributed by atoms with van der Waals surface area (Å²) in [6, 6.07) is 7.16. The van der Waals surface area contributed by atoms with Crippen molar-refractivity contribution in [1.82, 2.24) is 9.55 Å². The number of aromatic nitrogens is 2. The molecule has 0 fully saturated rings. The Kier molecular flexibility index (Phi) is 3.54. The Morgan fingerprint density at radius 1 is 1.34 bits per heavy atom. The van der Waals surface area contributed by atoms with Gasteiger partial charge in [0.05, 0.1) is 41.8 Å². The van der Waals surface area contributed by atoms with Gasteiger partial charge in [-0.1, -0.05) is 6.92 Å². The summed E-state index contributed by atoms with van der Waals surface area (Å²) in [5.74, 6) is -0.174. The molecule has 8 heteroatoms. The van der Waals surface area contributed by atoms with Crippen LogP contribution in [0, 0.1) is 0 Å². The lowest BCUT2D eigenvalue weighted by Crippen LogP contribution is -2.44. The lowest BCUT2D eigenvalue weighted by atomic mass is 9.86. The number of rotatable bonds is 2. The Labute approximate surface area is 165 Å². The van der Waals surface area contributed by atoms with E-state index in [1.165, 1.54) is 0 Å². The second-order valence-electron chi connectivity index (χ2n) is 7.35. The highest BCUT2D eigenvalue weighted by Gasteiger charge is 2.45. The molecule has 1 atom stereocenters. The Bertz CT molecular complexity index is 1280. The van der Waals surface area contributed by atoms with Crippen LogP contribution < -0.4 is 16.0 Å². The maximum atomic E-state index is 13.1.